The average Bonchev–Trinajstić information content (AvgIpc) is 3.32. The summed E-state index contributed by atoms with van der Waals surface area (Å²) in [5.41, 5.74) is 6.92. The number of nitrogens with zero attached hydrogens (tertiary/aromatic N) is 3. The highest BCUT2D eigenvalue weighted by Crippen LogP contribution is 2.67. The summed E-state index contributed by atoms with van der Waals surface area (Å²) in [6, 6.07) is 8.95. The van der Waals surface area contributed by atoms with Crippen molar-refractivity contribution in [1.82, 2.24) is 20.1 Å². The lowest BCUT2D eigenvalue weighted by molar-refractivity contribution is -0.122. The van der Waals surface area contributed by atoms with Gasteiger partial charge in [0.25, 0.3) is 12.3 Å². The van der Waals surface area contributed by atoms with Crippen molar-refractivity contribution in [1.29, 1.82) is 0 Å². The van der Waals surface area contributed by atoms with E-state index in [0.717, 1.165) is 30.7 Å². The number of benzene rings is 2. The molecule has 222 valence electrons. The summed E-state index contributed by atoms with van der Waals surface area (Å²) in [5.74, 6) is -4.02. The predicted octanol–water partition coefficient (Wildman–Crippen LogP) is 5.55. The first-order valence-corrected chi connectivity index (χ1v) is 13.6. The minimum absolute atomic E-state index is 0.00369. The van der Waals surface area contributed by atoms with Gasteiger partial charge < -0.3 is 11.1 Å². The van der Waals surface area contributed by atoms with E-state index in [-0.39, 0.29) is 46.8 Å². The van der Waals surface area contributed by atoms with Crippen LogP contribution in [0.3, 0.4) is 0 Å². The highest BCUT2D eigenvalue weighted by atomic mass is 19.3. The molecule has 6 rings (SSSR count). The molecule has 1 fully saturated rings. The molecule has 4 aromatic rings. The Kier molecular flexibility index (Phi) is 7.02. The maximum atomic E-state index is 14.2. The molecule has 0 bridgehead atoms. The minimum atomic E-state index is -2.78. The van der Waals surface area contributed by atoms with Gasteiger partial charge in [0.2, 0.25) is 5.91 Å². The Hall–Kier alpha value is -4.61. The molecule has 0 saturated heterocycles. The number of hydrogen-bond acceptors (Lipinski definition) is 4. The van der Waals surface area contributed by atoms with Crippen LogP contribution >= 0.6 is 0 Å². The molecule has 0 spiro atoms. The van der Waals surface area contributed by atoms with Crippen molar-refractivity contribution in [2.45, 2.75) is 51.1 Å². The fourth-order valence-corrected chi connectivity index (χ4v) is 6.20. The number of aromatic nitrogens is 3. The number of pyridine rings is 1. The van der Waals surface area contributed by atoms with Gasteiger partial charge in [0, 0.05) is 29.1 Å². The lowest BCUT2D eigenvalue weighted by Crippen LogP contribution is -2.34. The number of amides is 2. The van der Waals surface area contributed by atoms with Gasteiger partial charge >= 0.3 is 0 Å². The van der Waals surface area contributed by atoms with Crippen LogP contribution in [0.25, 0.3) is 11.1 Å². The first-order valence-electron chi connectivity index (χ1n) is 13.6. The van der Waals surface area contributed by atoms with Crippen LogP contribution in [0.2, 0.25) is 0 Å². The van der Waals surface area contributed by atoms with E-state index in [9.17, 15) is 31.5 Å². The van der Waals surface area contributed by atoms with Crippen LogP contribution in [-0.2, 0) is 24.2 Å². The van der Waals surface area contributed by atoms with Crippen molar-refractivity contribution in [2.75, 3.05) is 0 Å². The molecule has 2 unspecified atom stereocenters. The molecule has 2 aromatic heterocycles. The zero-order valence-electron chi connectivity index (χ0n) is 22.9. The van der Waals surface area contributed by atoms with Crippen LogP contribution in [0.15, 0.2) is 54.7 Å². The molecular formula is C31H26F5N5O2. The van der Waals surface area contributed by atoms with Gasteiger partial charge in [-0.15, -0.1) is 0 Å². The highest BCUT2D eigenvalue weighted by Gasteiger charge is 2.59. The minimum Gasteiger partial charge on any atom is -0.366 e. The molecule has 12 heteroatoms. The second-order valence-corrected chi connectivity index (χ2v) is 11.4. The van der Waals surface area contributed by atoms with Gasteiger partial charge in [0.05, 0.1) is 17.3 Å². The molecule has 3 N–H and O–H groups in total. The Labute approximate surface area is 242 Å². The Balaban J connectivity index is 1.36. The van der Waals surface area contributed by atoms with E-state index >= 15 is 0 Å². The number of nitrogens with two attached hydrogens (primary N) is 1. The summed E-state index contributed by atoms with van der Waals surface area (Å²) >= 11 is 0. The predicted molar refractivity (Wildman–Crippen MR) is 145 cm³/mol. The summed E-state index contributed by atoms with van der Waals surface area (Å²) in [6.45, 7) is 1.66. The summed E-state index contributed by atoms with van der Waals surface area (Å²) in [4.78, 5) is 29.7. The Morgan fingerprint density at radius 2 is 1.84 bits per heavy atom. The Morgan fingerprint density at radius 3 is 2.53 bits per heavy atom. The van der Waals surface area contributed by atoms with E-state index in [2.05, 4.69) is 15.4 Å². The molecule has 0 aliphatic heterocycles. The smallest absolute Gasteiger partial charge is 0.282 e. The maximum absolute atomic E-state index is 14.2. The van der Waals surface area contributed by atoms with Crippen molar-refractivity contribution in [3.63, 3.8) is 0 Å². The molecule has 2 aliphatic rings. The van der Waals surface area contributed by atoms with Crippen molar-refractivity contribution >= 4 is 11.8 Å². The number of fused-ring (bicyclic) bond motifs is 3. The fraction of sp³-hybridized carbons (Fsp3) is 0.290. The fourth-order valence-electron chi connectivity index (χ4n) is 6.20. The number of hydrogen-bond donors (Lipinski definition) is 2. The van der Waals surface area contributed by atoms with Crippen LogP contribution in [0.5, 0.6) is 0 Å². The van der Waals surface area contributed by atoms with Gasteiger partial charge in [-0.25, -0.2) is 22.0 Å². The highest BCUT2D eigenvalue weighted by molar-refractivity contribution is 5.94. The molecule has 2 aliphatic carbocycles. The number of alkyl halides is 2. The first kappa shape index (κ1) is 28.5. The van der Waals surface area contributed by atoms with Crippen LogP contribution < -0.4 is 11.1 Å². The van der Waals surface area contributed by atoms with Gasteiger partial charge in [-0.3, -0.25) is 19.3 Å². The molecule has 2 aromatic carbocycles. The summed E-state index contributed by atoms with van der Waals surface area (Å²) < 4.78 is 71.4. The number of carbonyl (C=O) groups is 2. The van der Waals surface area contributed by atoms with Gasteiger partial charge in [0.15, 0.2) is 0 Å². The van der Waals surface area contributed by atoms with E-state index in [1.165, 1.54) is 23.0 Å². The number of nitrogens with one attached hydrogen (secondary N) is 1. The third kappa shape index (κ3) is 5.37. The van der Waals surface area contributed by atoms with Crippen LogP contribution in [0, 0.1) is 22.9 Å². The third-order valence-corrected chi connectivity index (χ3v) is 8.31. The number of rotatable bonds is 9. The largest absolute Gasteiger partial charge is 0.366 e. The monoisotopic (exact) mass is 595 g/mol. The van der Waals surface area contributed by atoms with E-state index in [4.69, 9.17) is 5.73 Å². The number of carbonyl (C=O) groups excluding carboxylic acids is 2. The summed E-state index contributed by atoms with van der Waals surface area (Å²) in [5, 5.41) is 6.91. The van der Waals surface area contributed by atoms with Gasteiger partial charge in [0.1, 0.15) is 29.7 Å². The first-order chi connectivity index (χ1) is 20.4. The molecule has 1 saturated carbocycles. The van der Waals surface area contributed by atoms with Gasteiger partial charge in [-0.05, 0) is 72.1 Å². The van der Waals surface area contributed by atoms with E-state index < -0.39 is 41.7 Å². The van der Waals surface area contributed by atoms with Crippen LogP contribution in [0.1, 0.15) is 70.3 Å². The Morgan fingerprint density at radius 1 is 1.09 bits per heavy atom. The molecule has 2 amide bonds. The normalized spacial score (nSPS) is 19.2. The topological polar surface area (TPSA) is 103 Å². The van der Waals surface area contributed by atoms with E-state index in [1.54, 1.807) is 12.1 Å². The van der Waals surface area contributed by atoms with Gasteiger partial charge in [-0.1, -0.05) is 19.1 Å². The van der Waals surface area contributed by atoms with Crippen LogP contribution in [-0.4, -0.2) is 26.6 Å². The summed E-state index contributed by atoms with van der Waals surface area (Å²) in [7, 11) is 0. The molecule has 3 atom stereocenters. The molecule has 2 heterocycles. The maximum Gasteiger partial charge on any atom is 0.282 e. The van der Waals surface area contributed by atoms with E-state index in [0.29, 0.717) is 28.8 Å². The third-order valence-electron chi connectivity index (χ3n) is 8.31. The Bertz CT molecular complexity index is 1750. The van der Waals surface area contributed by atoms with Crippen molar-refractivity contribution in [3.8, 4) is 11.1 Å². The quantitative estimate of drug-likeness (QED) is 0.248. The van der Waals surface area contributed by atoms with Crippen molar-refractivity contribution in [2.24, 2.45) is 11.1 Å². The standard InChI is InChI=1S/C31H26F5N5O2/c1-31-12-21(31)26-24(13-31)41(40-28(26)29(35)36)14-25(42)39-23(9-15-7-17(32)11-18(33)8-15)27-19(3-2-6-38-27)16-4-5-22(34)20(10-16)30(37)43/h2-8,10-11,21,23,29H,9,12-14H2,1H3,(H2,37,43)(H,39,42)/t21?,23?,31-/m0/s1. The lowest BCUT2D eigenvalue weighted by Gasteiger charge is -2.22. The second kappa shape index (κ2) is 10.6. The summed E-state index contributed by atoms with van der Waals surface area (Å²) in [6.07, 6.45) is -0.108. The second-order valence-electron chi connectivity index (χ2n) is 11.4. The molecular weight excluding hydrogens is 569 g/mol. The zero-order chi connectivity index (χ0) is 30.6. The number of primary amides is 1. The molecule has 43 heavy (non-hydrogen) atoms. The van der Waals surface area contributed by atoms with Gasteiger partial charge in [-0.2, -0.15) is 5.10 Å². The SMILES string of the molecule is C[C@]12Cc3c(c(C(F)F)nn3CC(=O)NC(Cc3cc(F)cc(F)c3)c3ncccc3-c3ccc(F)c(C(N)=O)c3)C1C2. The number of halogens is 5. The van der Waals surface area contributed by atoms with E-state index in [1.807, 2.05) is 6.92 Å². The van der Waals surface area contributed by atoms with Crippen LogP contribution in [0.4, 0.5) is 22.0 Å². The average molecular weight is 596 g/mol. The van der Waals surface area contributed by atoms with Crippen molar-refractivity contribution < 1.29 is 31.5 Å². The zero-order valence-corrected chi connectivity index (χ0v) is 22.9. The molecule has 0 radical (unpaired) electrons. The lowest BCUT2D eigenvalue weighted by atomic mass is 9.94. The molecule has 7 nitrogen and oxygen atoms in total. The van der Waals surface area contributed by atoms with Crippen molar-refractivity contribution in [3.05, 3.63) is 106 Å².